The molecule has 0 unspecified atom stereocenters. The van der Waals surface area contributed by atoms with Crippen molar-refractivity contribution < 1.29 is 4.79 Å². The number of carbonyl (C=O) groups is 1. The van der Waals surface area contributed by atoms with E-state index < -0.39 is 5.41 Å². The molecule has 88 valence electrons. The molecular formula is C10H17N5O. The largest absolute Gasteiger partial charge is 0.384 e. The highest BCUT2D eigenvalue weighted by Crippen LogP contribution is 2.12. The highest BCUT2D eigenvalue weighted by atomic mass is 16.2. The molecule has 1 rings (SSSR count). The van der Waals surface area contributed by atoms with Gasteiger partial charge in [0.2, 0.25) is 11.9 Å². The lowest BCUT2D eigenvalue weighted by Crippen LogP contribution is -2.39. The molecule has 1 aromatic heterocycles. The number of aryl methyl sites for hydroxylation is 1. The van der Waals surface area contributed by atoms with Crippen molar-refractivity contribution in [2.75, 3.05) is 11.2 Å². The second-order valence-electron chi connectivity index (χ2n) is 4.59. The summed E-state index contributed by atoms with van der Waals surface area (Å²) in [5.41, 5.74) is 11.0. The van der Waals surface area contributed by atoms with Gasteiger partial charge in [0, 0.05) is 17.2 Å². The molecule has 0 aliphatic rings. The Balaban J connectivity index is 2.65. The minimum Gasteiger partial charge on any atom is -0.384 e. The first-order chi connectivity index (χ1) is 7.29. The predicted molar refractivity (Wildman–Crippen MR) is 62.4 cm³/mol. The molecule has 6 heteroatoms. The Morgan fingerprint density at radius 1 is 1.38 bits per heavy atom. The van der Waals surface area contributed by atoms with Crippen molar-refractivity contribution in [1.82, 2.24) is 15.4 Å². The zero-order valence-electron chi connectivity index (χ0n) is 9.96. The van der Waals surface area contributed by atoms with Gasteiger partial charge in [-0.1, -0.05) is 20.8 Å². The molecule has 0 radical (unpaired) electrons. The summed E-state index contributed by atoms with van der Waals surface area (Å²) in [6.07, 6.45) is 0. The summed E-state index contributed by atoms with van der Waals surface area (Å²) in [7, 11) is 0. The standard InChI is InChI=1S/C10H17N5O/c1-6-5-7(11)13-9(12-6)15-14-8(16)10(2,3)4/h5H,1-4H3,(H,14,16)(H3,11,12,13,15). The second kappa shape index (κ2) is 4.34. The van der Waals surface area contributed by atoms with Gasteiger partial charge >= 0.3 is 0 Å². The molecule has 1 amide bonds. The number of nitrogens with two attached hydrogens (primary N) is 1. The number of nitrogen functional groups attached to an aromatic ring is 1. The van der Waals surface area contributed by atoms with E-state index in [-0.39, 0.29) is 11.9 Å². The lowest BCUT2D eigenvalue weighted by Gasteiger charge is -2.17. The van der Waals surface area contributed by atoms with Gasteiger partial charge in [0.05, 0.1) is 0 Å². The monoisotopic (exact) mass is 223 g/mol. The summed E-state index contributed by atoms with van der Waals surface area (Å²) in [5, 5.41) is 0. The number of carbonyl (C=O) groups excluding carboxylic acids is 1. The Morgan fingerprint density at radius 2 is 2.00 bits per heavy atom. The molecule has 0 aliphatic carbocycles. The number of nitrogens with zero attached hydrogens (tertiary/aromatic N) is 2. The molecule has 16 heavy (non-hydrogen) atoms. The van der Waals surface area contributed by atoms with Gasteiger partial charge in [0.25, 0.3) is 0 Å². The van der Waals surface area contributed by atoms with E-state index in [0.717, 1.165) is 5.69 Å². The molecule has 0 fully saturated rings. The maximum absolute atomic E-state index is 11.5. The van der Waals surface area contributed by atoms with Crippen LogP contribution >= 0.6 is 0 Å². The Labute approximate surface area is 94.6 Å². The van der Waals surface area contributed by atoms with E-state index in [9.17, 15) is 4.79 Å². The zero-order valence-corrected chi connectivity index (χ0v) is 9.96. The Bertz CT molecular complexity index is 376. The van der Waals surface area contributed by atoms with Crippen molar-refractivity contribution in [3.8, 4) is 0 Å². The first-order valence-corrected chi connectivity index (χ1v) is 4.96. The lowest BCUT2D eigenvalue weighted by molar-refractivity contribution is -0.127. The number of amides is 1. The molecule has 0 saturated carbocycles. The summed E-state index contributed by atoms with van der Waals surface area (Å²) in [5.74, 6) is 0.506. The fourth-order valence-electron chi connectivity index (χ4n) is 0.949. The van der Waals surface area contributed by atoms with Gasteiger partial charge in [-0.3, -0.25) is 15.6 Å². The van der Waals surface area contributed by atoms with Gasteiger partial charge in [-0.2, -0.15) is 4.98 Å². The van der Waals surface area contributed by atoms with Gasteiger partial charge in [0.15, 0.2) is 0 Å². The summed E-state index contributed by atoms with van der Waals surface area (Å²) in [4.78, 5) is 19.5. The summed E-state index contributed by atoms with van der Waals surface area (Å²) in [6, 6.07) is 1.65. The maximum atomic E-state index is 11.5. The van der Waals surface area contributed by atoms with Crippen molar-refractivity contribution in [2.24, 2.45) is 5.41 Å². The normalized spacial score (nSPS) is 11.0. The molecule has 0 saturated heterocycles. The first kappa shape index (κ1) is 12.2. The molecular weight excluding hydrogens is 206 g/mol. The Kier molecular flexibility index (Phi) is 3.31. The van der Waals surface area contributed by atoms with E-state index in [4.69, 9.17) is 5.73 Å². The third-order valence-electron chi connectivity index (χ3n) is 1.84. The van der Waals surface area contributed by atoms with Gasteiger partial charge < -0.3 is 5.73 Å². The topological polar surface area (TPSA) is 92.9 Å². The van der Waals surface area contributed by atoms with Crippen LogP contribution in [0.5, 0.6) is 0 Å². The quantitative estimate of drug-likeness (QED) is 0.646. The minimum atomic E-state index is -0.470. The molecule has 0 aliphatic heterocycles. The Morgan fingerprint density at radius 3 is 2.50 bits per heavy atom. The molecule has 1 aromatic rings. The fourth-order valence-corrected chi connectivity index (χ4v) is 0.949. The molecule has 0 atom stereocenters. The number of rotatable bonds is 2. The number of hydrogen-bond donors (Lipinski definition) is 3. The van der Waals surface area contributed by atoms with Crippen molar-refractivity contribution in [2.45, 2.75) is 27.7 Å². The van der Waals surface area contributed by atoms with E-state index >= 15 is 0 Å². The van der Waals surface area contributed by atoms with Crippen LogP contribution in [-0.4, -0.2) is 15.9 Å². The van der Waals surface area contributed by atoms with Crippen LogP contribution in [0.25, 0.3) is 0 Å². The lowest BCUT2D eigenvalue weighted by atomic mass is 9.96. The number of anilines is 2. The molecule has 4 N–H and O–H groups in total. The Hall–Kier alpha value is -1.85. The third kappa shape index (κ3) is 3.38. The van der Waals surface area contributed by atoms with E-state index in [1.54, 1.807) is 13.0 Å². The van der Waals surface area contributed by atoms with Crippen molar-refractivity contribution in [1.29, 1.82) is 0 Å². The average Bonchev–Trinajstić information content (AvgIpc) is 2.11. The fraction of sp³-hybridized carbons (Fsp3) is 0.500. The van der Waals surface area contributed by atoms with E-state index in [2.05, 4.69) is 20.8 Å². The molecule has 0 aromatic carbocycles. The van der Waals surface area contributed by atoms with Gasteiger partial charge in [-0.05, 0) is 6.92 Å². The van der Waals surface area contributed by atoms with Crippen molar-refractivity contribution in [3.05, 3.63) is 11.8 Å². The van der Waals surface area contributed by atoms with Crippen LogP contribution in [0, 0.1) is 12.3 Å². The number of hydrazine groups is 1. The zero-order chi connectivity index (χ0) is 12.3. The van der Waals surface area contributed by atoms with E-state index in [0.29, 0.717) is 5.82 Å². The molecule has 1 heterocycles. The minimum absolute atomic E-state index is 0.142. The van der Waals surface area contributed by atoms with Crippen molar-refractivity contribution in [3.63, 3.8) is 0 Å². The number of nitrogens with one attached hydrogen (secondary N) is 2. The van der Waals surface area contributed by atoms with Crippen molar-refractivity contribution >= 4 is 17.7 Å². The second-order valence-corrected chi connectivity index (χ2v) is 4.59. The van der Waals surface area contributed by atoms with Crippen LogP contribution < -0.4 is 16.6 Å². The molecule has 0 bridgehead atoms. The molecule has 6 nitrogen and oxygen atoms in total. The summed E-state index contributed by atoms with van der Waals surface area (Å²) >= 11 is 0. The first-order valence-electron chi connectivity index (χ1n) is 4.96. The highest BCUT2D eigenvalue weighted by molar-refractivity contribution is 5.82. The van der Waals surface area contributed by atoms with E-state index in [1.807, 2.05) is 20.8 Å². The highest BCUT2D eigenvalue weighted by Gasteiger charge is 2.20. The van der Waals surface area contributed by atoms with Gasteiger partial charge in [-0.15, -0.1) is 0 Å². The van der Waals surface area contributed by atoms with Gasteiger partial charge in [0.1, 0.15) is 5.82 Å². The van der Waals surface area contributed by atoms with Crippen LogP contribution in [0.1, 0.15) is 26.5 Å². The average molecular weight is 223 g/mol. The smallest absolute Gasteiger partial charge is 0.243 e. The van der Waals surface area contributed by atoms with Crippen LogP contribution in [-0.2, 0) is 4.79 Å². The SMILES string of the molecule is Cc1cc(N)nc(NNC(=O)C(C)(C)C)n1. The van der Waals surface area contributed by atoms with Crippen LogP contribution in [0.4, 0.5) is 11.8 Å². The summed E-state index contributed by atoms with van der Waals surface area (Å²) < 4.78 is 0. The van der Waals surface area contributed by atoms with Crippen LogP contribution in [0.3, 0.4) is 0 Å². The number of hydrogen-bond acceptors (Lipinski definition) is 5. The number of aromatic nitrogens is 2. The maximum Gasteiger partial charge on any atom is 0.243 e. The molecule has 0 spiro atoms. The summed E-state index contributed by atoms with van der Waals surface area (Å²) in [6.45, 7) is 7.25. The third-order valence-corrected chi connectivity index (χ3v) is 1.84. The van der Waals surface area contributed by atoms with Crippen LogP contribution in [0.2, 0.25) is 0 Å². The predicted octanol–water partition coefficient (Wildman–Crippen LogP) is 0.856. The van der Waals surface area contributed by atoms with Crippen LogP contribution in [0.15, 0.2) is 6.07 Å². The van der Waals surface area contributed by atoms with E-state index in [1.165, 1.54) is 0 Å². The van der Waals surface area contributed by atoms with Gasteiger partial charge in [-0.25, -0.2) is 4.98 Å².